The summed E-state index contributed by atoms with van der Waals surface area (Å²) in [6.07, 6.45) is -5.06. The van der Waals surface area contributed by atoms with Gasteiger partial charge < -0.3 is 34.1 Å². The molecule has 0 radical (unpaired) electrons. The second-order valence-corrected chi connectivity index (χ2v) is 13.2. The Bertz CT molecular complexity index is 1990. The highest BCUT2D eigenvalue weighted by atomic mass is 19.4. The second kappa shape index (κ2) is 16.1. The van der Waals surface area contributed by atoms with E-state index in [1.54, 1.807) is 57.3 Å². The molecular weight excluding hydrogens is 685 g/mol. The summed E-state index contributed by atoms with van der Waals surface area (Å²) in [7, 11) is 2.64. The number of nitrogens with one attached hydrogen (secondary N) is 3. The van der Waals surface area contributed by atoms with Crippen LogP contribution in [0.3, 0.4) is 0 Å². The Labute approximate surface area is 298 Å². The van der Waals surface area contributed by atoms with Crippen LogP contribution in [0.25, 0.3) is 10.8 Å². The summed E-state index contributed by atoms with van der Waals surface area (Å²) < 4.78 is 59.2. The number of rotatable bonds is 11. The number of nitrogens with zero attached hydrogens (tertiary/aromatic N) is 1. The number of benzene rings is 3. The Morgan fingerprint density at radius 1 is 0.962 bits per heavy atom. The van der Waals surface area contributed by atoms with E-state index in [-0.39, 0.29) is 35.9 Å². The smallest absolute Gasteiger partial charge is 0.467 e. The first-order chi connectivity index (χ1) is 24.3. The number of anilines is 2. The molecule has 3 N–H and O–H groups in total. The average molecular weight is 727 g/mol. The van der Waals surface area contributed by atoms with E-state index in [4.69, 9.17) is 14.2 Å². The zero-order chi connectivity index (χ0) is 38.4. The summed E-state index contributed by atoms with van der Waals surface area (Å²) in [6, 6.07) is 14.9. The number of amides is 2. The number of aromatic nitrogens is 1. The van der Waals surface area contributed by atoms with E-state index in [1.165, 1.54) is 26.3 Å². The molecule has 2 atom stereocenters. The third kappa shape index (κ3) is 10.6. The number of carbonyl (C=O) groups excluding carboxylic acids is 3. The van der Waals surface area contributed by atoms with Gasteiger partial charge in [-0.2, -0.15) is 0 Å². The van der Waals surface area contributed by atoms with Gasteiger partial charge in [0.2, 0.25) is 0 Å². The van der Waals surface area contributed by atoms with Crippen LogP contribution >= 0.6 is 0 Å². The van der Waals surface area contributed by atoms with Crippen LogP contribution in [0.15, 0.2) is 71.7 Å². The number of ether oxygens (including phenoxy) is 4. The van der Waals surface area contributed by atoms with Crippen molar-refractivity contribution in [1.82, 2.24) is 9.88 Å². The Hall–Kier alpha value is -5.73. The van der Waals surface area contributed by atoms with E-state index in [2.05, 4.69) is 20.4 Å². The van der Waals surface area contributed by atoms with Crippen LogP contribution in [-0.2, 0) is 25.5 Å². The van der Waals surface area contributed by atoms with Crippen LogP contribution in [0.1, 0.15) is 61.9 Å². The number of alkyl halides is 3. The normalized spacial score (nSPS) is 12.7. The number of fused-ring (bicyclic) bond motifs is 1. The van der Waals surface area contributed by atoms with Crippen molar-refractivity contribution < 1.29 is 46.5 Å². The van der Waals surface area contributed by atoms with Crippen LogP contribution in [0.4, 0.5) is 34.1 Å². The van der Waals surface area contributed by atoms with Crippen molar-refractivity contribution >= 4 is 40.3 Å². The molecule has 0 bridgehead atoms. The Balaban J connectivity index is 1.43. The lowest BCUT2D eigenvalue weighted by Crippen LogP contribution is -2.34. The number of pyridine rings is 1. The Morgan fingerprint density at radius 2 is 1.67 bits per heavy atom. The van der Waals surface area contributed by atoms with Gasteiger partial charge in [0.25, 0.3) is 5.56 Å². The van der Waals surface area contributed by atoms with Gasteiger partial charge in [-0.3, -0.25) is 10.1 Å². The number of H-pyrrole nitrogens is 1. The molecule has 3 aromatic carbocycles. The molecule has 12 nitrogen and oxygen atoms in total. The molecule has 15 heteroatoms. The molecule has 0 fully saturated rings. The predicted octanol–water partition coefficient (Wildman–Crippen LogP) is 7.78. The number of carbonyl (C=O) groups is 3. The summed E-state index contributed by atoms with van der Waals surface area (Å²) in [5, 5.41) is 6.86. The van der Waals surface area contributed by atoms with Gasteiger partial charge in [0.05, 0.1) is 20.3 Å². The Kier molecular flexibility index (Phi) is 12.1. The zero-order valence-corrected chi connectivity index (χ0v) is 29.8. The van der Waals surface area contributed by atoms with Gasteiger partial charge in [-0.15, -0.1) is 13.2 Å². The number of aromatic amines is 1. The lowest BCUT2D eigenvalue weighted by atomic mass is 9.93. The molecule has 0 saturated carbocycles. The van der Waals surface area contributed by atoms with Gasteiger partial charge >= 0.3 is 24.5 Å². The summed E-state index contributed by atoms with van der Waals surface area (Å²) in [4.78, 5) is 54.1. The van der Waals surface area contributed by atoms with Crippen molar-refractivity contribution in [1.29, 1.82) is 0 Å². The van der Waals surface area contributed by atoms with Gasteiger partial charge in [0, 0.05) is 41.5 Å². The highest BCUT2D eigenvalue weighted by molar-refractivity contribution is 5.87. The largest absolute Gasteiger partial charge is 0.573 e. The first kappa shape index (κ1) is 39.1. The Morgan fingerprint density at radius 3 is 2.33 bits per heavy atom. The van der Waals surface area contributed by atoms with Crippen molar-refractivity contribution in [2.75, 3.05) is 31.4 Å². The summed E-state index contributed by atoms with van der Waals surface area (Å²) >= 11 is 0. The van der Waals surface area contributed by atoms with E-state index in [0.717, 1.165) is 27.5 Å². The van der Waals surface area contributed by atoms with Gasteiger partial charge in [-0.1, -0.05) is 31.2 Å². The molecule has 4 rings (SSSR count). The SMILES string of the molecule is COC(=O)C(Nc1ccc2cc[nH]c(=O)c2c1)c1ccc([C@@H](C)COC(=O)Nc2ccc(OC(F)(F)F)c(CN(C)C(=O)OC(C)(C)C)c2)c(C)c1. The lowest BCUT2D eigenvalue weighted by Gasteiger charge is -2.25. The molecular formula is C37H41F3N4O8. The van der Waals surface area contributed by atoms with Crippen LogP contribution < -0.4 is 20.9 Å². The first-order valence-corrected chi connectivity index (χ1v) is 16.2. The van der Waals surface area contributed by atoms with Gasteiger partial charge in [0.15, 0.2) is 6.04 Å². The molecule has 1 heterocycles. The van der Waals surface area contributed by atoms with Crippen LogP contribution in [-0.4, -0.2) is 60.8 Å². The molecule has 2 amide bonds. The maximum Gasteiger partial charge on any atom is 0.573 e. The quantitative estimate of drug-likeness (QED) is 0.104. The second-order valence-electron chi connectivity index (χ2n) is 13.2. The monoisotopic (exact) mass is 726 g/mol. The van der Waals surface area contributed by atoms with E-state index in [1.807, 2.05) is 26.0 Å². The van der Waals surface area contributed by atoms with Crippen molar-refractivity contribution in [3.63, 3.8) is 0 Å². The zero-order valence-electron chi connectivity index (χ0n) is 29.8. The lowest BCUT2D eigenvalue weighted by molar-refractivity contribution is -0.275. The molecule has 0 aliphatic rings. The van der Waals surface area contributed by atoms with Crippen LogP contribution in [0.5, 0.6) is 5.75 Å². The topological polar surface area (TPSA) is 148 Å². The maximum absolute atomic E-state index is 13.1. The molecule has 52 heavy (non-hydrogen) atoms. The molecule has 0 aliphatic carbocycles. The number of esters is 1. The third-order valence-corrected chi connectivity index (χ3v) is 7.79. The van der Waals surface area contributed by atoms with E-state index >= 15 is 0 Å². The fourth-order valence-electron chi connectivity index (χ4n) is 5.38. The number of methoxy groups -OCH3 is 1. The van der Waals surface area contributed by atoms with Crippen molar-refractivity contribution in [3.05, 3.63) is 99.5 Å². The molecule has 4 aromatic rings. The number of aryl methyl sites for hydroxylation is 1. The average Bonchev–Trinajstić information content (AvgIpc) is 3.05. The molecule has 0 aliphatic heterocycles. The minimum absolute atomic E-state index is 0.0402. The molecule has 1 aromatic heterocycles. The standard InChI is InChI=1S/C37H41F3N4O8/c1-21-16-24(31(33(46)49-7)42-27-10-8-23-14-15-41-32(45)29(23)18-27)9-12-28(21)22(2)20-50-34(47)43-26-11-13-30(51-37(38,39)40)25(17-26)19-44(6)35(48)52-36(3,4)5/h8-18,22,31,42H,19-20H2,1-7H3,(H,41,45)(H,43,47)/t22-,31?/m0/s1. The molecule has 278 valence electrons. The number of hydrogen-bond donors (Lipinski definition) is 3. The number of halogens is 3. The summed E-state index contributed by atoms with van der Waals surface area (Å²) in [6.45, 7) is 8.28. The van der Waals surface area contributed by atoms with Crippen molar-refractivity contribution in [3.8, 4) is 5.75 Å². The van der Waals surface area contributed by atoms with Crippen molar-refractivity contribution in [2.24, 2.45) is 0 Å². The van der Waals surface area contributed by atoms with E-state index in [9.17, 15) is 32.3 Å². The maximum atomic E-state index is 13.1. The summed E-state index contributed by atoms with van der Waals surface area (Å²) in [5.74, 6) is -1.39. The van der Waals surface area contributed by atoms with Crippen molar-refractivity contribution in [2.45, 2.75) is 65.1 Å². The van der Waals surface area contributed by atoms with E-state index in [0.29, 0.717) is 16.6 Å². The molecule has 1 unspecified atom stereocenters. The third-order valence-electron chi connectivity index (χ3n) is 7.79. The molecule has 0 saturated heterocycles. The fraction of sp³-hybridized carbons (Fsp3) is 0.351. The predicted molar refractivity (Wildman–Crippen MR) is 188 cm³/mol. The van der Waals surface area contributed by atoms with Crippen LogP contribution in [0.2, 0.25) is 0 Å². The van der Waals surface area contributed by atoms with Gasteiger partial charge in [0.1, 0.15) is 11.4 Å². The van der Waals surface area contributed by atoms with Gasteiger partial charge in [-0.25, -0.2) is 14.4 Å². The molecule has 0 spiro atoms. The van der Waals surface area contributed by atoms with Crippen LogP contribution in [0, 0.1) is 6.92 Å². The van der Waals surface area contributed by atoms with E-state index < -0.39 is 41.9 Å². The minimum atomic E-state index is -4.99. The fourth-order valence-corrected chi connectivity index (χ4v) is 5.38. The number of hydrogen-bond acceptors (Lipinski definition) is 9. The van der Waals surface area contributed by atoms with Gasteiger partial charge in [-0.05, 0) is 86.2 Å². The minimum Gasteiger partial charge on any atom is -0.467 e. The highest BCUT2D eigenvalue weighted by Gasteiger charge is 2.33. The summed E-state index contributed by atoms with van der Waals surface area (Å²) in [5.41, 5.74) is 1.76. The highest BCUT2D eigenvalue weighted by Crippen LogP contribution is 2.31. The first-order valence-electron chi connectivity index (χ1n) is 16.2.